The molecule has 23 heavy (non-hydrogen) atoms. The number of anilines is 1. The van der Waals surface area contributed by atoms with E-state index >= 15 is 0 Å². The van der Waals surface area contributed by atoms with Crippen molar-refractivity contribution in [2.24, 2.45) is 0 Å². The second kappa shape index (κ2) is 6.48. The van der Waals surface area contributed by atoms with Gasteiger partial charge >= 0.3 is 6.03 Å². The highest BCUT2D eigenvalue weighted by molar-refractivity contribution is 5.90. The van der Waals surface area contributed by atoms with Gasteiger partial charge in [0.25, 0.3) is 0 Å². The van der Waals surface area contributed by atoms with Crippen LogP contribution in [0.5, 0.6) is 17.2 Å². The van der Waals surface area contributed by atoms with E-state index in [0.29, 0.717) is 12.3 Å². The van der Waals surface area contributed by atoms with Gasteiger partial charge in [0.05, 0.1) is 7.11 Å². The van der Waals surface area contributed by atoms with Crippen molar-refractivity contribution in [3.63, 3.8) is 0 Å². The minimum absolute atomic E-state index is 0.240. The molecule has 2 N–H and O–H groups in total. The van der Waals surface area contributed by atoms with Crippen LogP contribution in [0.2, 0.25) is 0 Å². The lowest BCUT2D eigenvalue weighted by Gasteiger charge is -2.11. The highest BCUT2D eigenvalue weighted by Crippen LogP contribution is 2.32. The standard InChI is InChI=1S/C17H18N2O4/c1-11-7-13(21-2)4-5-14(11)19-17(20)18-9-12-3-6-15-16(8-12)23-10-22-15/h3-8H,9-10H2,1-2H3,(H2,18,19,20). The van der Waals surface area contributed by atoms with Crippen molar-refractivity contribution >= 4 is 11.7 Å². The van der Waals surface area contributed by atoms with Crippen LogP contribution >= 0.6 is 0 Å². The van der Waals surface area contributed by atoms with Gasteiger partial charge in [-0.1, -0.05) is 6.07 Å². The van der Waals surface area contributed by atoms with Crippen LogP contribution in [-0.2, 0) is 6.54 Å². The van der Waals surface area contributed by atoms with E-state index in [4.69, 9.17) is 14.2 Å². The van der Waals surface area contributed by atoms with E-state index < -0.39 is 0 Å². The average molecular weight is 314 g/mol. The lowest BCUT2D eigenvalue weighted by Crippen LogP contribution is -2.28. The lowest BCUT2D eigenvalue weighted by atomic mass is 10.2. The molecule has 0 aliphatic carbocycles. The third-order valence-electron chi connectivity index (χ3n) is 3.57. The maximum absolute atomic E-state index is 12.0. The van der Waals surface area contributed by atoms with Crippen LogP contribution in [0.4, 0.5) is 10.5 Å². The Morgan fingerprint density at radius 3 is 2.78 bits per heavy atom. The third-order valence-corrected chi connectivity index (χ3v) is 3.57. The number of carbonyl (C=O) groups excluding carboxylic acids is 1. The molecule has 3 rings (SSSR count). The molecule has 1 aliphatic rings. The van der Waals surface area contributed by atoms with Crippen LogP contribution in [0.25, 0.3) is 0 Å². The van der Waals surface area contributed by atoms with Gasteiger partial charge in [0.15, 0.2) is 11.5 Å². The Morgan fingerprint density at radius 2 is 2.00 bits per heavy atom. The van der Waals surface area contributed by atoms with E-state index in [1.807, 2.05) is 37.3 Å². The minimum atomic E-state index is -0.268. The zero-order valence-electron chi connectivity index (χ0n) is 13.0. The predicted molar refractivity (Wildman–Crippen MR) is 86.2 cm³/mol. The number of rotatable bonds is 4. The highest BCUT2D eigenvalue weighted by atomic mass is 16.7. The van der Waals surface area contributed by atoms with Gasteiger partial charge in [-0.05, 0) is 48.4 Å². The van der Waals surface area contributed by atoms with Crippen molar-refractivity contribution in [2.45, 2.75) is 13.5 Å². The summed E-state index contributed by atoms with van der Waals surface area (Å²) in [4.78, 5) is 12.0. The lowest BCUT2D eigenvalue weighted by molar-refractivity contribution is 0.174. The SMILES string of the molecule is COc1ccc(NC(=O)NCc2ccc3c(c2)OCO3)c(C)c1. The molecule has 0 atom stereocenters. The number of fused-ring (bicyclic) bond motifs is 1. The van der Waals surface area contributed by atoms with Crippen molar-refractivity contribution < 1.29 is 19.0 Å². The third kappa shape index (κ3) is 3.48. The van der Waals surface area contributed by atoms with Crippen molar-refractivity contribution in [3.8, 4) is 17.2 Å². The summed E-state index contributed by atoms with van der Waals surface area (Å²) in [5.74, 6) is 2.19. The van der Waals surface area contributed by atoms with E-state index in [1.54, 1.807) is 13.2 Å². The van der Waals surface area contributed by atoms with Crippen LogP contribution in [0.3, 0.4) is 0 Å². The molecule has 2 aromatic carbocycles. The van der Waals surface area contributed by atoms with E-state index in [0.717, 1.165) is 28.3 Å². The van der Waals surface area contributed by atoms with Crippen LogP contribution in [0, 0.1) is 6.92 Å². The van der Waals surface area contributed by atoms with Crippen LogP contribution in [0.15, 0.2) is 36.4 Å². The summed E-state index contributed by atoms with van der Waals surface area (Å²) in [6.45, 7) is 2.55. The van der Waals surface area contributed by atoms with Gasteiger partial charge in [-0.15, -0.1) is 0 Å². The Morgan fingerprint density at radius 1 is 1.17 bits per heavy atom. The van der Waals surface area contributed by atoms with Crippen molar-refractivity contribution in [1.29, 1.82) is 0 Å². The Bertz CT molecular complexity index is 731. The normalized spacial score (nSPS) is 11.9. The molecule has 2 amide bonds. The summed E-state index contributed by atoms with van der Waals surface area (Å²) < 4.78 is 15.7. The van der Waals surface area contributed by atoms with Gasteiger partial charge in [0, 0.05) is 12.2 Å². The Labute approximate surface area is 134 Å². The van der Waals surface area contributed by atoms with Crippen molar-refractivity contribution in [1.82, 2.24) is 5.32 Å². The first-order valence-corrected chi connectivity index (χ1v) is 7.24. The first-order valence-electron chi connectivity index (χ1n) is 7.24. The first kappa shape index (κ1) is 15.0. The molecule has 6 heteroatoms. The summed E-state index contributed by atoms with van der Waals surface area (Å²) in [5.41, 5.74) is 2.62. The summed E-state index contributed by atoms with van der Waals surface area (Å²) in [6.07, 6.45) is 0. The zero-order chi connectivity index (χ0) is 16.2. The molecular formula is C17H18N2O4. The number of hydrogen-bond donors (Lipinski definition) is 2. The molecule has 0 saturated heterocycles. The van der Waals surface area contributed by atoms with Gasteiger partial charge in [-0.2, -0.15) is 0 Å². The van der Waals surface area contributed by atoms with Gasteiger partial charge < -0.3 is 24.8 Å². The number of carbonyl (C=O) groups is 1. The number of nitrogens with one attached hydrogen (secondary N) is 2. The second-order valence-electron chi connectivity index (χ2n) is 5.18. The van der Waals surface area contributed by atoms with E-state index in [9.17, 15) is 4.79 Å². The van der Waals surface area contributed by atoms with Crippen molar-refractivity contribution in [3.05, 3.63) is 47.5 Å². The molecule has 0 radical (unpaired) electrons. The van der Waals surface area contributed by atoms with Crippen molar-refractivity contribution in [2.75, 3.05) is 19.2 Å². The molecule has 1 aliphatic heterocycles. The predicted octanol–water partition coefficient (Wildman–Crippen LogP) is 3.05. The Balaban J connectivity index is 1.57. The fourth-order valence-electron chi connectivity index (χ4n) is 2.30. The molecule has 1 heterocycles. The molecule has 0 saturated carbocycles. The number of urea groups is 1. The number of hydrogen-bond acceptors (Lipinski definition) is 4. The Kier molecular flexibility index (Phi) is 4.23. The molecule has 120 valence electrons. The number of amides is 2. The number of aryl methyl sites for hydroxylation is 1. The monoisotopic (exact) mass is 314 g/mol. The van der Waals surface area contributed by atoms with E-state index in [1.165, 1.54) is 0 Å². The minimum Gasteiger partial charge on any atom is -0.497 e. The molecule has 0 bridgehead atoms. The second-order valence-corrected chi connectivity index (χ2v) is 5.18. The molecule has 2 aromatic rings. The summed E-state index contributed by atoms with van der Waals surface area (Å²) in [7, 11) is 1.61. The molecule has 0 unspecified atom stereocenters. The quantitative estimate of drug-likeness (QED) is 0.910. The van der Waals surface area contributed by atoms with Gasteiger partial charge in [0.2, 0.25) is 6.79 Å². The number of benzene rings is 2. The Hall–Kier alpha value is -2.89. The van der Waals surface area contributed by atoms with Crippen LogP contribution < -0.4 is 24.8 Å². The topological polar surface area (TPSA) is 68.8 Å². The molecule has 0 fully saturated rings. The summed E-state index contributed by atoms with van der Waals surface area (Å²) in [6, 6.07) is 10.8. The van der Waals surface area contributed by atoms with Gasteiger partial charge in [-0.3, -0.25) is 0 Å². The maximum atomic E-state index is 12.0. The molecule has 0 spiro atoms. The molecule has 0 aromatic heterocycles. The smallest absolute Gasteiger partial charge is 0.319 e. The molecule has 6 nitrogen and oxygen atoms in total. The average Bonchev–Trinajstić information content (AvgIpc) is 3.02. The van der Waals surface area contributed by atoms with E-state index in [2.05, 4.69) is 10.6 Å². The zero-order valence-corrected chi connectivity index (χ0v) is 13.0. The fraction of sp³-hybridized carbons (Fsp3) is 0.235. The highest BCUT2D eigenvalue weighted by Gasteiger charge is 2.13. The number of ether oxygens (including phenoxy) is 3. The summed E-state index contributed by atoms with van der Waals surface area (Å²) >= 11 is 0. The maximum Gasteiger partial charge on any atom is 0.319 e. The van der Waals surface area contributed by atoms with Crippen LogP contribution in [-0.4, -0.2) is 19.9 Å². The van der Waals surface area contributed by atoms with Gasteiger partial charge in [0.1, 0.15) is 5.75 Å². The summed E-state index contributed by atoms with van der Waals surface area (Å²) in [5, 5.41) is 5.64. The molecular weight excluding hydrogens is 296 g/mol. The fourth-order valence-corrected chi connectivity index (χ4v) is 2.30. The van der Waals surface area contributed by atoms with Gasteiger partial charge in [-0.25, -0.2) is 4.79 Å². The number of methoxy groups -OCH3 is 1. The first-order chi connectivity index (χ1) is 11.2. The largest absolute Gasteiger partial charge is 0.497 e. The van der Waals surface area contributed by atoms with Crippen LogP contribution in [0.1, 0.15) is 11.1 Å². The van der Waals surface area contributed by atoms with E-state index in [-0.39, 0.29) is 12.8 Å².